The van der Waals surface area contributed by atoms with Gasteiger partial charge in [0.15, 0.2) is 4.77 Å². The topological polar surface area (TPSA) is 24.0 Å². The lowest BCUT2D eigenvalue weighted by molar-refractivity contribution is 0.266. The number of nitrogens with one attached hydrogen (secondary N) is 1. The summed E-state index contributed by atoms with van der Waals surface area (Å²) in [5, 5.41) is 0. The number of rotatable bonds is 7. The number of nitrogens with zero attached hydrogens (tertiary/aromatic N) is 2. The van der Waals surface area contributed by atoms with Crippen LogP contribution in [0.4, 0.5) is 0 Å². The maximum Gasteiger partial charge on any atom is 0.177 e. The number of H-pyrrole nitrogens is 1. The molecule has 0 unspecified atom stereocenters. The van der Waals surface area contributed by atoms with Gasteiger partial charge in [0.1, 0.15) is 0 Å². The maximum atomic E-state index is 5.33. The molecule has 0 saturated heterocycles. The van der Waals surface area contributed by atoms with Crippen molar-refractivity contribution in [2.24, 2.45) is 0 Å². The number of hydrogen-bond donors (Lipinski definition) is 1. The first kappa shape index (κ1) is 15.4. The molecule has 4 heteroatoms. The molecular weight excluding hydrogens is 242 g/mol. The molecule has 0 bridgehead atoms. The van der Waals surface area contributed by atoms with Crippen LogP contribution < -0.4 is 0 Å². The summed E-state index contributed by atoms with van der Waals surface area (Å²) in [5.41, 5.74) is 1.32. The summed E-state index contributed by atoms with van der Waals surface area (Å²) in [7, 11) is 2.19. The van der Waals surface area contributed by atoms with Crippen LogP contribution in [0.3, 0.4) is 0 Å². The van der Waals surface area contributed by atoms with E-state index in [2.05, 4.69) is 49.2 Å². The number of hydrogen-bond acceptors (Lipinski definition) is 2. The normalized spacial score (nSPS) is 12.0. The van der Waals surface area contributed by atoms with E-state index in [0.29, 0.717) is 12.0 Å². The Morgan fingerprint density at radius 3 is 2.50 bits per heavy atom. The maximum absolute atomic E-state index is 5.33. The minimum Gasteiger partial charge on any atom is -0.337 e. The predicted octanol–water partition coefficient (Wildman–Crippen LogP) is 3.79. The minimum absolute atomic E-state index is 0.524. The van der Waals surface area contributed by atoms with Crippen LogP contribution >= 0.6 is 12.2 Å². The molecule has 1 aromatic heterocycles. The van der Waals surface area contributed by atoms with Crippen molar-refractivity contribution in [2.75, 3.05) is 13.6 Å². The lowest BCUT2D eigenvalue weighted by Crippen LogP contribution is -2.27. The van der Waals surface area contributed by atoms with Gasteiger partial charge in [-0.1, -0.05) is 13.8 Å². The van der Waals surface area contributed by atoms with Crippen LogP contribution in [0.1, 0.15) is 52.1 Å². The van der Waals surface area contributed by atoms with Crippen LogP contribution in [0.25, 0.3) is 0 Å². The van der Waals surface area contributed by atoms with E-state index in [1.165, 1.54) is 18.5 Å². The third kappa shape index (κ3) is 4.25. The number of imidazole rings is 1. The summed E-state index contributed by atoms with van der Waals surface area (Å²) in [6, 6.07) is 0.630. The van der Waals surface area contributed by atoms with Crippen molar-refractivity contribution in [2.45, 2.75) is 59.0 Å². The van der Waals surface area contributed by atoms with Gasteiger partial charge in [0.2, 0.25) is 0 Å². The average molecular weight is 269 g/mol. The molecule has 104 valence electrons. The lowest BCUT2D eigenvalue weighted by Gasteiger charge is -2.20. The first-order valence-corrected chi connectivity index (χ1v) is 7.32. The number of unbranched alkanes of at least 4 members (excludes halogenated alkanes) is 1. The van der Waals surface area contributed by atoms with Gasteiger partial charge in [-0.15, -0.1) is 0 Å². The van der Waals surface area contributed by atoms with Crippen LogP contribution in [0.5, 0.6) is 0 Å². The van der Waals surface area contributed by atoms with Crippen molar-refractivity contribution in [3.8, 4) is 0 Å². The lowest BCUT2D eigenvalue weighted by atomic mass is 10.1. The molecule has 0 aliphatic rings. The molecule has 0 radical (unpaired) electrons. The van der Waals surface area contributed by atoms with Crippen LogP contribution in [0.2, 0.25) is 0 Å². The first-order valence-electron chi connectivity index (χ1n) is 6.91. The summed E-state index contributed by atoms with van der Waals surface area (Å²) >= 11 is 5.33. The van der Waals surface area contributed by atoms with Gasteiger partial charge < -0.3 is 14.5 Å². The second-order valence-electron chi connectivity index (χ2n) is 5.61. The SMILES string of the molecule is CC(C)c1c[nH]c(=S)n1CCCCN(C)C(C)C. The molecule has 0 atom stereocenters. The summed E-state index contributed by atoms with van der Waals surface area (Å²) in [4.78, 5) is 5.54. The van der Waals surface area contributed by atoms with Crippen LogP contribution in [0, 0.1) is 4.77 Å². The molecule has 0 aliphatic carbocycles. The van der Waals surface area contributed by atoms with E-state index in [9.17, 15) is 0 Å². The molecule has 18 heavy (non-hydrogen) atoms. The Bertz CT molecular complexity index is 403. The average Bonchev–Trinajstić information content (AvgIpc) is 2.66. The molecular formula is C14H27N3S. The molecule has 1 heterocycles. The van der Waals surface area contributed by atoms with Gasteiger partial charge >= 0.3 is 0 Å². The smallest absolute Gasteiger partial charge is 0.177 e. The van der Waals surface area contributed by atoms with Gasteiger partial charge in [-0.3, -0.25) is 0 Å². The van der Waals surface area contributed by atoms with Gasteiger partial charge in [0, 0.05) is 24.5 Å². The van der Waals surface area contributed by atoms with E-state index in [0.717, 1.165) is 17.9 Å². The van der Waals surface area contributed by atoms with Crippen molar-refractivity contribution in [1.29, 1.82) is 0 Å². The highest BCUT2D eigenvalue weighted by Crippen LogP contribution is 2.15. The molecule has 0 aliphatic heterocycles. The molecule has 1 rings (SSSR count). The quantitative estimate of drug-likeness (QED) is 0.601. The number of aromatic amines is 1. The third-order valence-corrected chi connectivity index (χ3v) is 3.85. The molecule has 0 saturated carbocycles. The Morgan fingerprint density at radius 1 is 1.28 bits per heavy atom. The van der Waals surface area contributed by atoms with Crippen molar-refractivity contribution >= 4 is 12.2 Å². The van der Waals surface area contributed by atoms with Crippen molar-refractivity contribution in [1.82, 2.24) is 14.5 Å². The molecule has 0 amide bonds. The molecule has 0 fully saturated rings. The van der Waals surface area contributed by atoms with E-state index >= 15 is 0 Å². The van der Waals surface area contributed by atoms with Crippen molar-refractivity contribution in [3.63, 3.8) is 0 Å². The molecule has 0 spiro atoms. The minimum atomic E-state index is 0.524. The van der Waals surface area contributed by atoms with E-state index in [1.807, 2.05) is 6.20 Å². The highest BCUT2D eigenvalue weighted by atomic mass is 32.1. The largest absolute Gasteiger partial charge is 0.337 e. The van der Waals surface area contributed by atoms with E-state index in [4.69, 9.17) is 12.2 Å². The first-order chi connectivity index (χ1) is 8.43. The molecule has 1 N–H and O–H groups in total. The molecule has 1 aromatic rings. The fourth-order valence-electron chi connectivity index (χ4n) is 2.01. The summed E-state index contributed by atoms with van der Waals surface area (Å²) < 4.78 is 3.10. The van der Waals surface area contributed by atoms with Gasteiger partial charge in [-0.25, -0.2) is 0 Å². The summed E-state index contributed by atoms with van der Waals surface area (Å²) in [6.07, 6.45) is 4.45. The van der Waals surface area contributed by atoms with Gasteiger partial charge in [0.25, 0.3) is 0 Å². The van der Waals surface area contributed by atoms with Crippen LogP contribution in [-0.2, 0) is 6.54 Å². The Morgan fingerprint density at radius 2 is 1.94 bits per heavy atom. The highest BCUT2D eigenvalue weighted by molar-refractivity contribution is 7.71. The van der Waals surface area contributed by atoms with Crippen LogP contribution in [0.15, 0.2) is 6.20 Å². The standard InChI is InChI=1S/C14H27N3S/c1-11(2)13-10-15-14(18)17(13)9-7-6-8-16(5)12(3)4/h10-12H,6-9H2,1-5H3,(H,15,18). The monoisotopic (exact) mass is 269 g/mol. The van der Waals surface area contributed by atoms with Gasteiger partial charge in [-0.05, 0) is 58.4 Å². The van der Waals surface area contributed by atoms with Gasteiger partial charge in [-0.2, -0.15) is 0 Å². The van der Waals surface area contributed by atoms with Crippen molar-refractivity contribution in [3.05, 3.63) is 16.7 Å². The highest BCUT2D eigenvalue weighted by Gasteiger charge is 2.08. The van der Waals surface area contributed by atoms with Gasteiger partial charge in [0.05, 0.1) is 0 Å². The molecule has 3 nitrogen and oxygen atoms in total. The summed E-state index contributed by atoms with van der Waals surface area (Å²) in [5.74, 6) is 0.524. The Kier molecular flexibility index (Phi) is 6.09. The second-order valence-corrected chi connectivity index (χ2v) is 5.99. The number of aromatic nitrogens is 2. The zero-order valence-electron chi connectivity index (χ0n) is 12.4. The van der Waals surface area contributed by atoms with Crippen molar-refractivity contribution < 1.29 is 0 Å². The Labute approximate surface area is 116 Å². The Hall–Kier alpha value is -0.610. The van der Waals surface area contributed by atoms with E-state index < -0.39 is 0 Å². The van der Waals surface area contributed by atoms with E-state index in [-0.39, 0.29) is 0 Å². The van der Waals surface area contributed by atoms with Crippen LogP contribution in [-0.4, -0.2) is 34.1 Å². The van der Waals surface area contributed by atoms with E-state index in [1.54, 1.807) is 0 Å². The third-order valence-electron chi connectivity index (χ3n) is 3.52. The zero-order chi connectivity index (χ0) is 13.7. The predicted molar refractivity (Wildman–Crippen MR) is 80.7 cm³/mol. The second kappa shape index (κ2) is 7.10. The zero-order valence-corrected chi connectivity index (χ0v) is 13.2. The Balaban J connectivity index is 2.44. The fraction of sp³-hybridized carbons (Fsp3) is 0.786. The molecule has 0 aromatic carbocycles. The fourth-order valence-corrected chi connectivity index (χ4v) is 2.26. The summed E-state index contributed by atoms with van der Waals surface area (Å²) in [6.45, 7) is 11.1.